The molecule has 1 amide bonds. The SMILES string of the molecule is O=C(NC1C2CC3CC(C2)CC1C3)c1nn(C2CCCCC2)c2c1CCCCC2Cc1ccc(Cl)cc1. The molecule has 1 aromatic heterocycles. The Balaban J connectivity index is 1.21. The van der Waals surface area contributed by atoms with Crippen molar-refractivity contribution in [1.29, 1.82) is 0 Å². The van der Waals surface area contributed by atoms with Gasteiger partial charge < -0.3 is 5.32 Å². The van der Waals surface area contributed by atoms with Crippen molar-refractivity contribution >= 4 is 17.5 Å². The molecule has 5 fully saturated rings. The zero-order valence-corrected chi connectivity index (χ0v) is 22.9. The summed E-state index contributed by atoms with van der Waals surface area (Å²) in [4.78, 5) is 14.0. The van der Waals surface area contributed by atoms with Gasteiger partial charge in [0.25, 0.3) is 5.91 Å². The standard InChI is InChI=1S/C32H42ClN3O/c33-26-12-10-20(11-13-26)15-23-6-4-5-9-28-30(35-36(31(23)28)27-7-2-1-3-8-27)32(37)34-29-24-16-21-14-22(18-24)19-25(29)17-21/h10-13,21-25,27,29H,1-9,14-19H2,(H,34,37). The Kier molecular flexibility index (Phi) is 6.59. The Labute approximate surface area is 226 Å². The first-order valence-corrected chi connectivity index (χ1v) is 15.7. The van der Waals surface area contributed by atoms with Crippen LogP contribution in [0.3, 0.4) is 0 Å². The number of nitrogens with one attached hydrogen (secondary N) is 1. The molecule has 1 unspecified atom stereocenters. The number of fused-ring (bicyclic) bond motifs is 1. The van der Waals surface area contributed by atoms with E-state index in [0.29, 0.717) is 29.8 Å². The summed E-state index contributed by atoms with van der Waals surface area (Å²) in [5, 5.41) is 9.63. The van der Waals surface area contributed by atoms with E-state index in [4.69, 9.17) is 16.7 Å². The summed E-state index contributed by atoms with van der Waals surface area (Å²) in [6.45, 7) is 0. The number of hydrogen-bond donors (Lipinski definition) is 1. The number of carbonyl (C=O) groups is 1. The molecule has 0 radical (unpaired) electrons. The zero-order chi connectivity index (χ0) is 24.9. The number of benzene rings is 1. The number of carbonyl (C=O) groups excluding carboxylic acids is 1. The molecule has 1 atom stereocenters. The number of aromatic nitrogens is 2. The zero-order valence-electron chi connectivity index (χ0n) is 22.1. The van der Waals surface area contributed by atoms with Gasteiger partial charge in [-0.25, -0.2) is 0 Å². The van der Waals surface area contributed by atoms with Crippen molar-refractivity contribution in [3.8, 4) is 0 Å². The first-order chi connectivity index (χ1) is 18.1. The highest BCUT2D eigenvalue weighted by molar-refractivity contribution is 6.30. The topological polar surface area (TPSA) is 46.9 Å². The highest BCUT2D eigenvalue weighted by atomic mass is 35.5. The van der Waals surface area contributed by atoms with E-state index in [0.717, 1.165) is 41.8 Å². The molecule has 6 aliphatic carbocycles. The minimum atomic E-state index is 0.121. The summed E-state index contributed by atoms with van der Waals surface area (Å²) in [6.07, 6.45) is 18.6. The minimum absolute atomic E-state index is 0.121. The van der Waals surface area contributed by atoms with Crippen LogP contribution in [0, 0.1) is 23.7 Å². The van der Waals surface area contributed by atoms with Crippen LogP contribution in [-0.4, -0.2) is 21.7 Å². The Bertz CT molecular complexity index is 1100. The molecule has 8 rings (SSSR count). The van der Waals surface area contributed by atoms with Gasteiger partial charge in [0, 0.05) is 28.2 Å². The van der Waals surface area contributed by atoms with Crippen LogP contribution < -0.4 is 5.32 Å². The van der Waals surface area contributed by atoms with E-state index in [2.05, 4.69) is 22.1 Å². The summed E-state index contributed by atoms with van der Waals surface area (Å²) in [5.74, 6) is 3.76. The van der Waals surface area contributed by atoms with E-state index in [-0.39, 0.29) is 5.91 Å². The normalized spacial score (nSPS) is 33.2. The Morgan fingerprint density at radius 2 is 1.57 bits per heavy atom. The van der Waals surface area contributed by atoms with E-state index in [9.17, 15) is 4.79 Å². The van der Waals surface area contributed by atoms with E-state index in [1.54, 1.807) is 0 Å². The predicted molar refractivity (Wildman–Crippen MR) is 148 cm³/mol. The average molecular weight is 520 g/mol. The van der Waals surface area contributed by atoms with Crippen molar-refractivity contribution in [3.05, 3.63) is 51.8 Å². The first-order valence-electron chi connectivity index (χ1n) is 15.3. The number of rotatable bonds is 5. The van der Waals surface area contributed by atoms with Gasteiger partial charge in [0.05, 0.1) is 6.04 Å². The third kappa shape index (κ3) is 4.66. The van der Waals surface area contributed by atoms with Crippen LogP contribution in [0.15, 0.2) is 24.3 Å². The third-order valence-electron chi connectivity index (χ3n) is 10.7. The van der Waals surface area contributed by atoms with Crippen molar-refractivity contribution in [2.75, 3.05) is 0 Å². The lowest BCUT2D eigenvalue weighted by molar-refractivity contribution is -0.0120. The maximum atomic E-state index is 14.0. The maximum absolute atomic E-state index is 14.0. The smallest absolute Gasteiger partial charge is 0.272 e. The molecular weight excluding hydrogens is 478 g/mol. The summed E-state index contributed by atoms with van der Waals surface area (Å²) in [5.41, 5.74) is 4.74. The van der Waals surface area contributed by atoms with Gasteiger partial charge in [0.1, 0.15) is 0 Å². The molecule has 0 aliphatic heterocycles. The Morgan fingerprint density at radius 3 is 2.27 bits per heavy atom. The van der Waals surface area contributed by atoms with E-state index >= 15 is 0 Å². The van der Waals surface area contributed by atoms with Crippen LogP contribution in [0.25, 0.3) is 0 Å². The molecule has 198 valence electrons. The van der Waals surface area contributed by atoms with Crippen molar-refractivity contribution < 1.29 is 4.79 Å². The van der Waals surface area contributed by atoms with Crippen molar-refractivity contribution in [1.82, 2.24) is 15.1 Å². The largest absolute Gasteiger partial charge is 0.347 e. The maximum Gasteiger partial charge on any atom is 0.272 e. The van der Waals surface area contributed by atoms with Gasteiger partial charge >= 0.3 is 0 Å². The van der Waals surface area contributed by atoms with Crippen molar-refractivity contribution in [2.45, 2.75) is 114 Å². The predicted octanol–water partition coefficient (Wildman–Crippen LogP) is 7.65. The number of hydrogen-bond acceptors (Lipinski definition) is 2. The van der Waals surface area contributed by atoms with Crippen LogP contribution in [0.5, 0.6) is 0 Å². The molecule has 6 aliphatic rings. The van der Waals surface area contributed by atoms with Crippen LogP contribution in [-0.2, 0) is 12.8 Å². The molecular formula is C32H42ClN3O. The molecule has 4 nitrogen and oxygen atoms in total. The molecule has 5 heteroatoms. The molecule has 1 heterocycles. The van der Waals surface area contributed by atoms with E-state index in [1.807, 2.05) is 12.1 Å². The van der Waals surface area contributed by atoms with Gasteiger partial charge in [0.2, 0.25) is 0 Å². The van der Waals surface area contributed by atoms with Gasteiger partial charge in [-0.1, -0.05) is 49.4 Å². The highest BCUT2D eigenvalue weighted by Crippen LogP contribution is 2.53. The van der Waals surface area contributed by atoms with Gasteiger partial charge in [-0.3, -0.25) is 9.48 Å². The second-order valence-corrected chi connectivity index (χ2v) is 13.6. The summed E-state index contributed by atoms with van der Waals surface area (Å²) in [6, 6.07) is 9.18. The second-order valence-electron chi connectivity index (χ2n) is 13.2. The average Bonchev–Trinajstić information content (AvgIpc) is 3.17. The van der Waals surface area contributed by atoms with Crippen LogP contribution in [0.1, 0.15) is 123 Å². The fraction of sp³-hybridized carbons (Fsp3) is 0.688. The lowest BCUT2D eigenvalue weighted by Gasteiger charge is -2.54. The number of amides is 1. The minimum Gasteiger partial charge on any atom is -0.347 e. The fourth-order valence-electron chi connectivity index (χ4n) is 9.26. The van der Waals surface area contributed by atoms with Gasteiger partial charge in [-0.2, -0.15) is 5.10 Å². The van der Waals surface area contributed by atoms with Crippen molar-refractivity contribution in [3.63, 3.8) is 0 Å². The van der Waals surface area contributed by atoms with Crippen molar-refractivity contribution in [2.24, 2.45) is 23.7 Å². The lowest BCUT2D eigenvalue weighted by Crippen LogP contribution is -2.56. The Morgan fingerprint density at radius 1 is 0.892 bits per heavy atom. The molecule has 0 saturated heterocycles. The number of nitrogens with zero attached hydrogens (tertiary/aromatic N) is 2. The highest BCUT2D eigenvalue weighted by Gasteiger charge is 2.49. The molecule has 5 saturated carbocycles. The second kappa shape index (κ2) is 10.1. The van der Waals surface area contributed by atoms with Gasteiger partial charge in [-0.15, -0.1) is 0 Å². The number of halogens is 1. The van der Waals surface area contributed by atoms with E-state index in [1.165, 1.54) is 93.9 Å². The fourth-order valence-corrected chi connectivity index (χ4v) is 9.39. The monoisotopic (exact) mass is 519 g/mol. The molecule has 1 N–H and O–H groups in total. The summed E-state index contributed by atoms with van der Waals surface area (Å²) in [7, 11) is 0. The molecule has 2 aromatic rings. The molecule has 1 aromatic carbocycles. The van der Waals surface area contributed by atoms with Crippen LogP contribution in [0.4, 0.5) is 0 Å². The molecule has 4 bridgehead atoms. The first kappa shape index (κ1) is 24.2. The summed E-state index contributed by atoms with van der Waals surface area (Å²) < 4.78 is 2.37. The molecule has 0 spiro atoms. The van der Waals surface area contributed by atoms with Crippen LogP contribution >= 0.6 is 11.6 Å². The Hall–Kier alpha value is -1.81. The van der Waals surface area contributed by atoms with Crippen LogP contribution in [0.2, 0.25) is 5.02 Å². The molecule has 37 heavy (non-hydrogen) atoms. The summed E-state index contributed by atoms with van der Waals surface area (Å²) >= 11 is 6.19. The quantitative estimate of drug-likeness (QED) is 0.412. The third-order valence-corrected chi connectivity index (χ3v) is 11.0. The lowest BCUT2D eigenvalue weighted by atomic mass is 9.54. The van der Waals surface area contributed by atoms with Gasteiger partial charge in [-0.05, 0) is 112 Å². The van der Waals surface area contributed by atoms with Gasteiger partial charge in [0.15, 0.2) is 5.69 Å². The van der Waals surface area contributed by atoms with E-state index < -0.39 is 0 Å².